The molecule has 1 aliphatic carbocycles. The van der Waals surface area contributed by atoms with E-state index in [0.29, 0.717) is 23.3 Å². The van der Waals surface area contributed by atoms with Crippen LogP contribution in [0, 0.1) is 6.92 Å². The van der Waals surface area contributed by atoms with Gasteiger partial charge in [0.05, 0.1) is 11.4 Å². The van der Waals surface area contributed by atoms with Crippen molar-refractivity contribution < 1.29 is 0 Å². The fraction of sp³-hybridized carbons (Fsp3) is 0.0755. The van der Waals surface area contributed by atoms with Crippen LogP contribution >= 0.6 is 0 Å². The Morgan fingerprint density at radius 3 is 1.29 bits per heavy atom. The van der Waals surface area contributed by atoms with Crippen LogP contribution in [-0.2, 0) is 5.41 Å². The van der Waals surface area contributed by atoms with E-state index in [1.165, 1.54) is 32.7 Å². The van der Waals surface area contributed by atoms with Crippen molar-refractivity contribution in [1.29, 1.82) is 0 Å². The van der Waals surface area contributed by atoms with E-state index < -0.39 is 0 Å². The van der Waals surface area contributed by atoms with Gasteiger partial charge in [-0.05, 0) is 62.5 Å². The summed E-state index contributed by atoms with van der Waals surface area (Å²) in [4.78, 5) is 26.2. The minimum absolute atomic E-state index is 0.287. The van der Waals surface area contributed by atoms with Crippen LogP contribution in [0.2, 0.25) is 0 Å². The van der Waals surface area contributed by atoms with Crippen LogP contribution in [-0.4, -0.2) is 24.9 Å². The summed E-state index contributed by atoms with van der Waals surface area (Å²) < 4.78 is 0. The molecule has 11 rings (SSSR count). The number of benzene rings is 8. The molecule has 5 nitrogen and oxygen atoms in total. The second kappa shape index (κ2) is 13.1. The van der Waals surface area contributed by atoms with Gasteiger partial charge in [-0.15, -0.1) is 0 Å². The van der Waals surface area contributed by atoms with Gasteiger partial charge in [-0.1, -0.05) is 172 Å². The summed E-state index contributed by atoms with van der Waals surface area (Å²) in [5, 5.41) is 7.18. The summed E-state index contributed by atoms with van der Waals surface area (Å²) in [6, 6.07) is 59.3. The van der Waals surface area contributed by atoms with Crippen molar-refractivity contribution in [2.75, 3.05) is 0 Å². The number of nitrogens with zero attached hydrogens (tertiary/aromatic N) is 5. The van der Waals surface area contributed by atoms with E-state index in [1.54, 1.807) is 0 Å². The van der Waals surface area contributed by atoms with Crippen LogP contribution in [0.15, 0.2) is 170 Å². The highest BCUT2D eigenvalue weighted by molar-refractivity contribution is 6.29. The largest absolute Gasteiger partial charge is 0.228 e. The van der Waals surface area contributed by atoms with Crippen LogP contribution in [0.3, 0.4) is 0 Å². The third-order valence-corrected chi connectivity index (χ3v) is 11.9. The Hall–Kier alpha value is -7.37. The molecule has 0 saturated carbocycles. The van der Waals surface area contributed by atoms with Crippen LogP contribution in [0.1, 0.15) is 30.5 Å². The van der Waals surface area contributed by atoms with Crippen molar-refractivity contribution in [2.45, 2.75) is 26.2 Å². The second-order valence-corrected chi connectivity index (χ2v) is 15.7. The van der Waals surface area contributed by atoms with Gasteiger partial charge < -0.3 is 0 Å². The van der Waals surface area contributed by atoms with E-state index in [-0.39, 0.29) is 5.41 Å². The van der Waals surface area contributed by atoms with Crippen LogP contribution in [0.25, 0.3) is 100 Å². The van der Waals surface area contributed by atoms with Crippen molar-refractivity contribution in [3.63, 3.8) is 0 Å². The van der Waals surface area contributed by atoms with Crippen LogP contribution < -0.4 is 0 Å². The molecule has 1 aliphatic rings. The molecular weight excluding hydrogens is 707 g/mol. The average molecular weight is 744 g/mol. The van der Waals surface area contributed by atoms with E-state index in [2.05, 4.69) is 130 Å². The fourth-order valence-electron chi connectivity index (χ4n) is 9.03. The number of hydrogen-bond acceptors (Lipinski definition) is 5. The Balaban J connectivity index is 1.26. The van der Waals surface area contributed by atoms with Gasteiger partial charge >= 0.3 is 0 Å². The van der Waals surface area contributed by atoms with E-state index in [1.807, 2.05) is 60.7 Å². The number of hydrogen-bond donors (Lipinski definition) is 0. The highest BCUT2D eigenvalue weighted by Crippen LogP contribution is 2.52. The zero-order chi connectivity index (χ0) is 39.0. The summed E-state index contributed by atoms with van der Waals surface area (Å²) >= 11 is 0. The van der Waals surface area contributed by atoms with E-state index in [9.17, 15) is 0 Å². The third-order valence-electron chi connectivity index (χ3n) is 11.9. The lowest BCUT2D eigenvalue weighted by molar-refractivity contribution is 0.652. The molecule has 0 unspecified atom stereocenters. The molecule has 0 saturated heterocycles. The predicted octanol–water partition coefficient (Wildman–Crippen LogP) is 13.1. The first-order valence-electron chi connectivity index (χ1n) is 19.8. The Morgan fingerprint density at radius 1 is 0.362 bits per heavy atom. The number of rotatable bonds is 6. The fourth-order valence-corrected chi connectivity index (χ4v) is 9.03. The molecular formula is C53H37N5. The first-order chi connectivity index (χ1) is 28.4. The molecule has 58 heavy (non-hydrogen) atoms. The SMILES string of the molecule is Cc1c(-c2ccccc2)nc(-c2ccccc2)nc1-c1cc2cc(-c3nc(-c4ccccc4)nc(-c4ccccc4)n3)c3cccc4c3c2c2c(cccc12)C4(C)C. The Bertz CT molecular complexity index is 3180. The summed E-state index contributed by atoms with van der Waals surface area (Å²) in [5.74, 6) is 2.62. The predicted molar refractivity (Wildman–Crippen MR) is 237 cm³/mol. The summed E-state index contributed by atoms with van der Waals surface area (Å²) in [6.45, 7) is 6.87. The molecule has 0 atom stereocenters. The second-order valence-electron chi connectivity index (χ2n) is 15.7. The van der Waals surface area contributed by atoms with Crippen molar-refractivity contribution in [2.24, 2.45) is 0 Å². The van der Waals surface area contributed by atoms with Gasteiger partial charge in [-0.3, -0.25) is 0 Å². The van der Waals surface area contributed by atoms with Crippen molar-refractivity contribution in [3.05, 3.63) is 187 Å². The van der Waals surface area contributed by atoms with E-state index >= 15 is 0 Å². The normalized spacial score (nSPS) is 12.9. The van der Waals surface area contributed by atoms with Crippen molar-refractivity contribution in [3.8, 4) is 68.1 Å². The molecule has 0 bridgehead atoms. The minimum atomic E-state index is -0.287. The lowest BCUT2D eigenvalue weighted by Gasteiger charge is -2.34. The van der Waals surface area contributed by atoms with E-state index in [4.69, 9.17) is 24.9 Å². The van der Waals surface area contributed by atoms with Crippen LogP contribution in [0.4, 0.5) is 0 Å². The highest BCUT2D eigenvalue weighted by atomic mass is 15.0. The quantitative estimate of drug-likeness (QED) is 0.159. The van der Waals surface area contributed by atoms with Gasteiger partial charge in [0.1, 0.15) is 0 Å². The lowest BCUT2D eigenvalue weighted by atomic mass is 9.68. The molecule has 0 aliphatic heterocycles. The monoisotopic (exact) mass is 743 g/mol. The number of aromatic nitrogens is 5. The highest BCUT2D eigenvalue weighted by Gasteiger charge is 2.34. The molecule has 2 heterocycles. The van der Waals surface area contributed by atoms with Gasteiger partial charge in [-0.2, -0.15) is 0 Å². The molecule has 8 aromatic carbocycles. The molecule has 274 valence electrons. The Kier molecular flexibility index (Phi) is 7.67. The third kappa shape index (κ3) is 5.27. The zero-order valence-corrected chi connectivity index (χ0v) is 32.4. The molecule has 10 aromatic rings. The molecule has 0 fully saturated rings. The maximum absolute atomic E-state index is 5.43. The lowest BCUT2D eigenvalue weighted by Crippen LogP contribution is -2.22. The summed E-state index contributed by atoms with van der Waals surface area (Å²) in [7, 11) is 0. The topological polar surface area (TPSA) is 64.5 Å². The molecule has 2 aromatic heterocycles. The minimum Gasteiger partial charge on any atom is -0.228 e. The summed E-state index contributed by atoms with van der Waals surface area (Å²) in [6.07, 6.45) is 0. The standard InChI is InChI=1S/C53H37N5/c1-32-47(33-18-8-4-9-19-33)54-49(34-20-10-5-11-21-34)55-48(32)40-30-37-31-41(39-27-17-29-43-46(39)44(37)45-38(40)26-16-28-42(45)53(43,2)3)52-57-50(35-22-12-6-13-23-35)56-51(58-52)36-24-14-7-15-25-36/h4-31H,1-3H3. The molecule has 0 radical (unpaired) electrons. The Labute approximate surface area is 336 Å². The van der Waals surface area contributed by atoms with Gasteiger partial charge in [-0.25, -0.2) is 24.9 Å². The van der Waals surface area contributed by atoms with Crippen molar-refractivity contribution >= 4 is 32.3 Å². The van der Waals surface area contributed by atoms with E-state index in [0.717, 1.165) is 61.1 Å². The van der Waals surface area contributed by atoms with Crippen molar-refractivity contribution in [1.82, 2.24) is 24.9 Å². The summed E-state index contributed by atoms with van der Waals surface area (Å²) in [5.41, 5.74) is 11.2. The molecule has 0 N–H and O–H groups in total. The van der Waals surface area contributed by atoms with Crippen LogP contribution in [0.5, 0.6) is 0 Å². The first kappa shape index (κ1) is 33.9. The smallest absolute Gasteiger partial charge is 0.164 e. The maximum atomic E-state index is 5.43. The average Bonchev–Trinajstić information content (AvgIpc) is 3.28. The van der Waals surface area contributed by atoms with Gasteiger partial charge in [0.25, 0.3) is 0 Å². The molecule has 0 amide bonds. The Morgan fingerprint density at radius 2 is 0.776 bits per heavy atom. The van der Waals surface area contributed by atoms with Gasteiger partial charge in [0.2, 0.25) is 0 Å². The zero-order valence-electron chi connectivity index (χ0n) is 32.4. The maximum Gasteiger partial charge on any atom is 0.164 e. The first-order valence-corrected chi connectivity index (χ1v) is 19.8. The molecule has 5 heteroatoms. The van der Waals surface area contributed by atoms with Gasteiger partial charge in [0.15, 0.2) is 23.3 Å². The van der Waals surface area contributed by atoms with Gasteiger partial charge in [0, 0.05) is 44.4 Å². The molecule has 0 spiro atoms.